The Hall–Kier alpha value is -0.130. The zero-order chi connectivity index (χ0) is 10.1. The first-order chi connectivity index (χ1) is 5.97. The minimum Gasteiger partial charge on any atom is -0.329 e. The van der Waals surface area contributed by atoms with Crippen molar-refractivity contribution < 1.29 is 8.42 Å². The third kappa shape index (κ3) is 2.93. The Labute approximate surface area is 80.1 Å². The molecule has 0 spiro atoms. The number of hydrogen-bond donors (Lipinski definition) is 1. The highest BCUT2D eigenvalue weighted by Crippen LogP contribution is 2.31. The van der Waals surface area contributed by atoms with Gasteiger partial charge in [0.1, 0.15) is 0 Å². The minimum atomic E-state index is -3.06. The van der Waals surface area contributed by atoms with Gasteiger partial charge < -0.3 is 5.73 Å². The van der Waals surface area contributed by atoms with Crippen molar-refractivity contribution in [3.05, 3.63) is 0 Å². The lowest BCUT2D eigenvalue weighted by atomic mass is 10.4. The molecule has 0 aromatic heterocycles. The van der Waals surface area contributed by atoms with Gasteiger partial charge in [-0.3, -0.25) is 0 Å². The van der Waals surface area contributed by atoms with Crippen molar-refractivity contribution in [1.82, 2.24) is 4.31 Å². The maximum absolute atomic E-state index is 11.7. The maximum Gasteiger partial charge on any atom is 0.214 e. The second-order valence-electron chi connectivity index (χ2n) is 3.82. The summed E-state index contributed by atoms with van der Waals surface area (Å²) >= 11 is 0. The lowest BCUT2D eigenvalue weighted by Gasteiger charge is -2.22. The van der Waals surface area contributed by atoms with Crippen LogP contribution >= 0.6 is 0 Å². The number of hydrogen-bond acceptors (Lipinski definition) is 3. The lowest BCUT2D eigenvalue weighted by Crippen LogP contribution is -2.41. The molecule has 1 rings (SSSR count). The van der Waals surface area contributed by atoms with E-state index in [0.29, 0.717) is 18.2 Å². The standard InChI is InChI=1S/C8H18N2O2S/c1-7(5-9)10(2)13(11,12)6-8-3-4-8/h7-8H,3-6,9H2,1-2H3. The summed E-state index contributed by atoms with van der Waals surface area (Å²) in [6.07, 6.45) is 2.12. The summed E-state index contributed by atoms with van der Waals surface area (Å²) in [5, 5.41) is 0. The molecule has 1 saturated carbocycles. The van der Waals surface area contributed by atoms with Crippen LogP contribution in [0.25, 0.3) is 0 Å². The molecule has 0 aromatic carbocycles. The van der Waals surface area contributed by atoms with E-state index < -0.39 is 10.0 Å². The molecule has 1 aliphatic carbocycles. The van der Waals surface area contributed by atoms with Crippen LogP contribution in [0.15, 0.2) is 0 Å². The summed E-state index contributed by atoms with van der Waals surface area (Å²) in [6.45, 7) is 2.20. The molecule has 5 heteroatoms. The Balaban J connectivity index is 2.56. The molecule has 1 aliphatic rings. The van der Waals surface area contributed by atoms with Gasteiger partial charge >= 0.3 is 0 Å². The largest absolute Gasteiger partial charge is 0.329 e. The summed E-state index contributed by atoms with van der Waals surface area (Å²) in [6, 6.07) is -0.0938. The van der Waals surface area contributed by atoms with E-state index in [1.165, 1.54) is 4.31 Å². The van der Waals surface area contributed by atoms with Crippen LogP contribution in [0.3, 0.4) is 0 Å². The van der Waals surface area contributed by atoms with Crippen LogP contribution in [0.5, 0.6) is 0 Å². The van der Waals surface area contributed by atoms with E-state index in [2.05, 4.69) is 0 Å². The summed E-state index contributed by atoms with van der Waals surface area (Å²) in [5.74, 6) is 0.700. The van der Waals surface area contributed by atoms with E-state index in [1.54, 1.807) is 7.05 Å². The molecular formula is C8H18N2O2S. The van der Waals surface area contributed by atoms with Crippen molar-refractivity contribution in [2.24, 2.45) is 11.7 Å². The zero-order valence-corrected chi connectivity index (χ0v) is 9.05. The Morgan fingerprint density at radius 1 is 1.54 bits per heavy atom. The van der Waals surface area contributed by atoms with Crippen LogP contribution in [-0.2, 0) is 10.0 Å². The molecule has 0 aromatic rings. The lowest BCUT2D eigenvalue weighted by molar-refractivity contribution is 0.393. The first-order valence-electron chi connectivity index (χ1n) is 4.63. The Kier molecular flexibility index (Phi) is 3.32. The molecule has 1 fully saturated rings. The molecule has 2 N–H and O–H groups in total. The van der Waals surface area contributed by atoms with E-state index in [1.807, 2.05) is 6.92 Å². The number of nitrogens with zero attached hydrogens (tertiary/aromatic N) is 1. The van der Waals surface area contributed by atoms with Gasteiger partial charge in [-0.1, -0.05) is 0 Å². The van der Waals surface area contributed by atoms with E-state index in [9.17, 15) is 8.42 Å². The van der Waals surface area contributed by atoms with Crippen molar-refractivity contribution in [2.45, 2.75) is 25.8 Å². The fourth-order valence-corrected chi connectivity index (χ4v) is 2.92. The molecule has 4 nitrogen and oxygen atoms in total. The molecule has 13 heavy (non-hydrogen) atoms. The SMILES string of the molecule is CC(CN)N(C)S(=O)(=O)CC1CC1. The number of likely N-dealkylation sites (N-methyl/N-ethyl adjacent to an activating group) is 1. The second-order valence-corrected chi connectivity index (χ2v) is 5.90. The summed E-state index contributed by atoms with van der Waals surface area (Å²) in [7, 11) is -1.45. The Bertz CT molecular complexity index is 259. The van der Waals surface area contributed by atoms with Crippen LogP contribution in [0, 0.1) is 5.92 Å². The summed E-state index contributed by atoms with van der Waals surface area (Å²) in [4.78, 5) is 0. The highest BCUT2D eigenvalue weighted by Gasteiger charge is 2.31. The van der Waals surface area contributed by atoms with E-state index in [0.717, 1.165) is 12.8 Å². The highest BCUT2D eigenvalue weighted by molar-refractivity contribution is 7.89. The van der Waals surface area contributed by atoms with Gasteiger partial charge in [0.25, 0.3) is 0 Å². The van der Waals surface area contributed by atoms with Crippen LogP contribution in [0.1, 0.15) is 19.8 Å². The summed E-state index contributed by atoms with van der Waals surface area (Å²) < 4.78 is 24.7. The number of nitrogens with two attached hydrogens (primary N) is 1. The molecule has 0 heterocycles. The molecular weight excluding hydrogens is 188 g/mol. The van der Waals surface area contributed by atoms with Crippen LogP contribution < -0.4 is 5.73 Å². The Morgan fingerprint density at radius 2 is 2.08 bits per heavy atom. The van der Waals surface area contributed by atoms with E-state index in [-0.39, 0.29) is 6.04 Å². The van der Waals surface area contributed by atoms with Crippen molar-refractivity contribution in [3.63, 3.8) is 0 Å². The average molecular weight is 206 g/mol. The fourth-order valence-electron chi connectivity index (χ4n) is 1.12. The van der Waals surface area contributed by atoms with Gasteiger partial charge in [-0.05, 0) is 25.7 Å². The van der Waals surface area contributed by atoms with Crippen LogP contribution in [0.2, 0.25) is 0 Å². The van der Waals surface area contributed by atoms with Gasteiger partial charge in [0, 0.05) is 19.6 Å². The van der Waals surface area contributed by atoms with Gasteiger partial charge in [-0.15, -0.1) is 0 Å². The molecule has 0 bridgehead atoms. The summed E-state index contributed by atoms with van der Waals surface area (Å²) in [5.41, 5.74) is 5.41. The van der Waals surface area contributed by atoms with Crippen molar-refractivity contribution in [3.8, 4) is 0 Å². The smallest absolute Gasteiger partial charge is 0.214 e. The first kappa shape index (κ1) is 10.9. The third-order valence-corrected chi connectivity index (χ3v) is 4.67. The topological polar surface area (TPSA) is 63.4 Å². The Morgan fingerprint density at radius 3 is 2.46 bits per heavy atom. The average Bonchev–Trinajstić information content (AvgIpc) is 2.84. The van der Waals surface area contributed by atoms with Gasteiger partial charge in [0.05, 0.1) is 5.75 Å². The fraction of sp³-hybridized carbons (Fsp3) is 1.00. The first-order valence-corrected chi connectivity index (χ1v) is 6.24. The minimum absolute atomic E-state index is 0.0938. The van der Waals surface area contributed by atoms with Crippen LogP contribution in [0.4, 0.5) is 0 Å². The number of sulfonamides is 1. The quantitative estimate of drug-likeness (QED) is 0.689. The van der Waals surface area contributed by atoms with Gasteiger partial charge in [0.2, 0.25) is 10.0 Å². The predicted molar refractivity (Wildman–Crippen MR) is 52.8 cm³/mol. The molecule has 0 radical (unpaired) electrons. The van der Waals surface area contributed by atoms with Gasteiger partial charge in [-0.25, -0.2) is 12.7 Å². The normalized spacial score (nSPS) is 20.6. The molecule has 1 atom stereocenters. The van der Waals surface area contributed by atoms with Gasteiger partial charge in [0.15, 0.2) is 0 Å². The predicted octanol–water partition coefficient (Wildman–Crippen LogP) is 0.00520. The molecule has 78 valence electrons. The zero-order valence-electron chi connectivity index (χ0n) is 8.23. The highest BCUT2D eigenvalue weighted by atomic mass is 32.2. The van der Waals surface area contributed by atoms with Crippen molar-refractivity contribution in [2.75, 3.05) is 19.3 Å². The van der Waals surface area contributed by atoms with E-state index in [4.69, 9.17) is 5.73 Å². The monoisotopic (exact) mass is 206 g/mol. The van der Waals surface area contributed by atoms with Crippen molar-refractivity contribution >= 4 is 10.0 Å². The van der Waals surface area contributed by atoms with E-state index >= 15 is 0 Å². The van der Waals surface area contributed by atoms with Gasteiger partial charge in [-0.2, -0.15) is 0 Å². The molecule has 1 unspecified atom stereocenters. The van der Waals surface area contributed by atoms with Crippen LogP contribution in [-0.4, -0.2) is 38.1 Å². The number of rotatable bonds is 5. The van der Waals surface area contributed by atoms with Crippen molar-refractivity contribution in [1.29, 1.82) is 0 Å². The molecule has 0 amide bonds. The molecule has 0 aliphatic heterocycles. The molecule has 0 saturated heterocycles. The second kappa shape index (κ2) is 3.94. The maximum atomic E-state index is 11.7. The third-order valence-electron chi connectivity index (χ3n) is 2.54.